The Hall–Kier alpha value is -2.87. The average Bonchev–Trinajstić information content (AvgIpc) is 3.00. The Morgan fingerprint density at radius 3 is 2.33 bits per heavy atom. The number of hydrogen-bond acceptors (Lipinski definition) is 6. The number of carbonyl (C=O) groups excluding carboxylic acids is 5. The van der Waals surface area contributed by atoms with Gasteiger partial charge in [-0.3, -0.25) is 24.0 Å². The number of nitrogens with one attached hydrogen (secondary N) is 1. The Bertz CT molecular complexity index is 1020. The molecule has 0 radical (unpaired) electrons. The highest BCUT2D eigenvalue weighted by Gasteiger charge is 2.28. The zero-order chi connectivity index (χ0) is 31.5. The molecule has 43 heavy (non-hydrogen) atoms. The lowest BCUT2D eigenvalue weighted by atomic mass is 9.83. The van der Waals surface area contributed by atoms with Crippen molar-refractivity contribution in [1.82, 2.24) is 10.2 Å². The molecule has 0 spiro atoms. The molecule has 1 saturated carbocycles. The van der Waals surface area contributed by atoms with Crippen molar-refractivity contribution in [3.05, 3.63) is 35.4 Å². The second kappa shape index (κ2) is 20.9. The van der Waals surface area contributed by atoms with Crippen molar-refractivity contribution in [1.29, 1.82) is 0 Å². The van der Waals surface area contributed by atoms with E-state index in [2.05, 4.69) is 12.2 Å². The molecule has 1 aliphatic rings. The molecular weight excluding hydrogens is 544 g/mol. The molecule has 1 aromatic carbocycles. The van der Waals surface area contributed by atoms with Crippen LogP contribution in [0.1, 0.15) is 115 Å². The summed E-state index contributed by atoms with van der Waals surface area (Å²) < 4.78 is 5.51. The van der Waals surface area contributed by atoms with Crippen molar-refractivity contribution in [2.45, 2.75) is 117 Å². The molecule has 2 rings (SSSR count). The van der Waals surface area contributed by atoms with E-state index < -0.39 is 5.92 Å². The number of ketones is 3. The number of benzene rings is 1. The fraction of sp³-hybridized carbons (Fsp3) is 0.686. The van der Waals surface area contributed by atoms with Crippen LogP contribution in [-0.4, -0.2) is 60.9 Å². The van der Waals surface area contributed by atoms with Crippen molar-refractivity contribution in [2.75, 3.05) is 26.8 Å². The van der Waals surface area contributed by atoms with Crippen LogP contribution < -0.4 is 5.32 Å². The molecular formula is C35H54N2O6. The molecule has 1 N–H and O–H groups in total. The van der Waals surface area contributed by atoms with E-state index >= 15 is 0 Å². The molecule has 0 aromatic heterocycles. The largest absolute Gasteiger partial charge is 0.372 e. The fourth-order valence-electron chi connectivity index (χ4n) is 5.60. The molecule has 2 amide bonds. The zero-order valence-corrected chi connectivity index (χ0v) is 26.8. The van der Waals surface area contributed by atoms with Crippen LogP contribution in [-0.2, 0) is 41.7 Å². The van der Waals surface area contributed by atoms with Crippen molar-refractivity contribution in [3.8, 4) is 0 Å². The maximum Gasteiger partial charge on any atom is 0.248 e. The first kappa shape index (κ1) is 36.3. The van der Waals surface area contributed by atoms with Crippen LogP contribution in [0.5, 0.6) is 0 Å². The van der Waals surface area contributed by atoms with Gasteiger partial charge in [-0.2, -0.15) is 0 Å². The molecule has 0 aliphatic heterocycles. The van der Waals surface area contributed by atoms with E-state index in [1.165, 1.54) is 6.42 Å². The minimum absolute atomic E-state index is 0.00195. The maximum absolute atomic E-state index is 12.5. The average molecular weight is 599 g/mol. The molecule has 2 unspecified atom stereocenters. The van der Waals surface area contributed by atoms with Crippen LogP contribution in [0.3, 0.4) is 0 Å². The van der Waals surface area contributed by atoms with Gasteiger partial charge in [0.15, 0.2) is 0 Å². The first-order valence-corrected chi connectivity index (χ1v) is 16.5. The number of carbonyl (C=O) groups is 5. The summed E-state index contributed by atoms with van der Waals surface area (Å²) in [6.07, 6.45) is 11.9. The van der Waals surface area contributed by atoms with E-state index in [9.17, 15) is 24.0 Å². The van der Waals surface area contributed by atoms with E-state index in [1.54, 1.807) is 11.9 Å². The number of likely N-dealkylation sites (N-methyl/N-ethyl adjacent to an activating group) is 1. The SMILES string of the molecule is CCCCCC(CCCCNC(=O)CCCOCC(=O)N(C)Cc1ccc(CC(=O)C2CCCCC2=O)cc1)C(=O)CC. The quantitative estimate of drug-likeness (QED) is 0.134. The highest BCUT2D eigenvalue weighted by molar-refractivity contribution is 6.03. The molecule has 1 fully saturated rings. The van der Waals surface area contributed by atoms with E-state index in [0.29, 0.717) is 57.6 Å². The molecule has 8 heteroatoms. The summed E-state index contributed by atoms with van der Waals surface area (Å²) in [6, 6.07) is 7.59. The van der Waals surface area contributed by atoms with Crippen LogP contribution in [0.2, 0.25) is 0 Å². The Balaban J connectivity index is 1.55. The third-order valence-electron chi connectivity index (χ3n) is 8.37. The van der Waals surface area contributed by atoms with Gasteiger partial charge in [0.25, 0.3) is 0 Å². The molecule has 0 saturated heterocycles. The van der Waals surface area contributed by atoms with Crippen molar-refractivity contribution in [3.63, 3.8) is 0 Å². The number of Topliss-reactive ketones (excluding diaryl/α,β-unsaturated/α-hetero) is 3. The van der Waals surface area contributed by atoms with Crippen molar-refractivity contribution in [2.24, 2.45) is 11.8 Å². The van der Waals surface area contributed by atoms with Gasteiger partial charge in [-0.05, 0) is 49.7 Å². The number of nitrogens with zero attached hydrogens (tertiary/aromatic N) is 1. The van der Waals surface area contributed by atoms with E-state index in [0.717, 1.165) is 62.5 Å². The second-order valence-corrected chi connectivity index (χ2v) is 12.0. The lowest BCUT2D eigenvalue weighted by Gasteiger charge is -2.19. The summed E-state index contributed by atoms with van der Waals surface area (Å²) in [4.78, 5) is 63.0. The van der Waals surface area contributed by atoms with Crippen LogP contribution in [0.25, 0.3) is 0 Å². The monoisotopic (exact) mass is 598 g/mol. The number of hydrogen-bond donors (Lipinski definition) is 1. The fourth-order valence-corrected chi connectivity index (χ4v) is 5.60. The summed E-state index contributed by atoms with van der Waals surface area (Å²) in [5.41, 5.74) is 1.82. The van der Waals surface area contributed by atoms with E-state index in [4.69, 9.17) is 4.74 Å². The zero-order valence-electron chi connectivity index (χ0n) is 26.8. The third-order valence-corrected chi connectivity index (χ3v) is 8.37. The number of rotatable bonds is 22. The third kappa shape index (κ3) is 14.4. The smallest absolute Gasteiger partial charge is 0.248 e. The Kier molecular flexibility index (Phi) is 17.7. The van der Waals surface area contributed by atoms with Gasteiger partial charge in [-0.1, -0.05) is 70.2 Å². The molecule has 2 atom stereocenters. The second-order valence-electron chi connectivity index (χ2n) is 12.0. The Morgan fingerprint density at radius 1 is 0.953 bits per heavy atom. The van der Waals surface area contributed by atoms with Gasteiger partial charge < -0.3 is 15.0 Å². The number of unbranched alkanes of at least 4 members (excludes halogenated alkanes) is 3. The molecule has 1 aromatic rings. The number of ether oxygens (including phenoxy) is 1. The highest BCUT2D eigenvalue weighted by Crippen LogP contribution is 2.23. The minimum Gasteiger partial charge on any atom is -0.372 e. The predicted octanol–water partition coefficient (Wildman–Crippen LogP) is 5.77. The predicted molar refractivity (Wildman–Crippen MR) is 168 cm³/mol. The van der Waals surface area contributed by atoms with E-state index in [-0.39, 0.29) is 42.3 Å². The van der Waals surface area contributed by atoms with Crippen molar-refractivity contribution >= 4 is 29.2 Å². The standard InChI is InChI=1S/C35H54N2O6/c1-4-6-7-13-29(31(38)5-2)14-10-11-22-36-34(41)17-12-23-43-26-35(42)37(3)25-28-20-18-27(19-21-28)24-33(40)30-15-8-9-16-32(30)39/h18-21,29-30H,4-17,22-26H2,1-3H3,(H,36,41). The van der Waals surface area contributed by atoms with Gasteiger partial charge >= 0.3 is 0 Å². The summed E-state index contributed by atoms with van der Waals surface area (Å²) in [6.45, 7) is 5.43. The molecule has 240 valence electrons. The Labute approximate surface area is 258 Å². The molecule has 0 bridgehead atoms. The van der Waals surface area contributed by atoms with Crippen molar-refractivity contribution < 1.29 is 28.7 Å². The van der Waals surface area contributed by atoms with E-state index in [1.807, 2.05) is 31.2 Å². The number of amides is 2. The van der Waals surface area contributed by atoms with Crippen LogP contribution >= 0.6 is 0 Å². The van der Waals surface area contributed by atoms with Gasteiger partial charge in [0.2, 0.25) is 11.8 Å². The molecule has 1 aliphatic carbocycles. The highest BCUT2D eigenvalue weighted by atomic mass is 16.5. The minimum atomic E-state index is -0.445. The summed E-state index contributed by atoms with van der Waals surface area (Å²) in [5.74, 6) is -0.0125. The van der Waals surface area contributed by atoms with Gasteiger partial charge in [-0.25, -0.2) is 0 Å². The lowest BCUT2D eigenvalue weighted by molar-refractivity contribution is -0.136. The summed E-state index contributed by atoms with van der Waals surface area (Å²) >= 11 is 0. The maximum atomic E-state index is 12.5. The van der Waals surface area contributed by atoms with Gasteiger partial charge in [0.05, 0.1) is 5.92 Å². The van der Waals surface area contributed by atoms with Crippen LogP contribution in [0.15, 0.2) is 24.3 Å². The topological polar surface area (TPSA) is 110 Å². The lowest BCUT2D eigenvalue weighted by Crippen LogP contribution is -2.30. The van der Waals surface area contributed by atoms with Crippen LogP contribution in [0.4, 0.5) is 0 Å². The Morgan fingerprint density at radius 2 is 1.65 bits per heavy atom. The summed E-state index contributed by atoms with van der Waals surface area (Å²) in [5, 5.41) is 2.94. The summed E-state index contributed by atoms with van der Waals surface area (Å²) in [7, 11) is 1.72. The first-order chi connectivity index (χ1) is 20.7. The van der Waals surface area contributed by atoms with Gasteiger partial charge in [-0.15, -0.1) is 0 Å². The van der Waals surface area contributed by atoms with Crippen LogP contribution in [0, 0.1) is 11.8 Å². The van der Waals surface area contributed by atoms with Gasteiger partial charge in [0.1, 0.15) is 24.0 Å². The normalized spacial score (nSPS) is 15.6. The van der Waals surface area contributed by atoms with Gasteiger partial charge in [0, 0.05) is 58.3 Å². The first-order valence-electron chi connectivity index (χ1n) is 16.5. The molecule has 0 heterocycles. The molecule has 8 nitrogen and oxygen atoms in total.